The summed E-state index contributed by atoms with van der Waals surface area (Å²) in [5.74, 6) is 0.658. The average Bonchev–Trinajstić information content (AvgIpc) is 1.58. The van der Waals surface area contributed by atoms with Gasteiger partial charge in [-0.15, -0.1) is 0 Å². The lowest BCUT2D eigenvalue weighted by Crippen LogP contribution is -2.15. The van der Waals surface area contributed by atoms with Crippen molar-refractivity contribution in [2.24, 2.45) is 0 Å². The van der Waals surface area contributed by atoms with Gasteiger partial charge in [0.25, 0.3) is 0 Å². The van der Waals surface area contributed by atoms with Gasteiger partial charge in [0.1, 0.15) is 0 Å². The minimum atomic E-state index is -0.179. The maximum atomic E-state index is 5.62. The van der Waals surface area contributed by atoms with Crippen LogP contribution in [0.5, 0.6) is 0 Å². The number of rotatable bonds is 6. The molecule has 3 aliphatic rings. The van der Waals surface area contributed by atoms with Crippen molar-refractivity contribution in [2.75, 3.05) is 0 Å². The summed E-state index contributed by atoms with van der Waals surface area (Å²) in [5.41, 5.74) is 30.7. The van der Waals surface area contributed by atoms with Gasteiger partial charge in [-0.3, -0.25) is 0 Å². The molecule has 5 nitrogen and oxygen atoms in total. The van der Waals surface area contributed by atoms with Gasteiger partial charge in [-0.2, -0.15) is 0 Å². The van der Waals surface area contributed by atoms with E-state index in [-0.39, 0.29) is 16.2 Å². The van der Waals surface area contributed by atoms with E-state index in [0.29, 0.717) is 5.82 Å². The molecule has 0 amide bonds. The van der Waals surface area contributed by atoms with Crippen LogP contribution in [-0.2, 0) is 16.2 Å². The van der Waals surface area contributed by atoms with Gasteiger partial charge < -0.3 is 13.7 Å². The third kappa shape index (κ3) is 6.81. The highest BCUT2D eigenvalue weighted by Gasteiger charge is 2.41. The highest BCUT2D eigenvalue weighted by atomic mass is 15.0. The molecule has 19 rings (SSSR count). The summed E-state index contributed by atoms with van der Waals surface area (Å²) < 4.78 is 7.36. The van der Waals surface area contributed by atoms with Crippen LogP contribution in [0.2, 0.25) is 0 Å². The second-order valence-electron chi connectivity index (χ2n) is 26.8. The highest BCUT2D eigenvalue weighted by molar-refractivity contribution is 6.17. The number of fused-ring (bicyclic) bond motifs is 21. The third-order valence-electron chi connectivity index (χ3n) is 21.0. The van der Waals surface area contributed by atoms with Gasteiger partial charge in [0.2, 0.25) is 0 Å². The topological polar surface area (TPSA) is 40.6 Å². The van der Waals surface area contributed by atoms with Gasteiger partial charge in [0.15, 0.2) is 5.82 Å². The summed E-state index contributed by atoms with van der Waals surface area (Å²) in [5, 5.41) is 7.71. The van der Waals surface area contributed by atoms with Gasteiger partial charge in [-0.1, -0.05) is 224 Å². The number of hydrogen-bond donors (Lipinski definition) is 0. The van der Waals surface area contributed by atoms with E-state index in [1.165, 1.54) is 132 Å². The lowest BCUT2D eigenvalue weighted by Gasteiger charge is -2.22. The standard InChI is InChI=1S/C85H61N5/c1-83(2)65-31-13-7-25-56(65)59-41-44-73-76(79(59)83)62-28-10-16-34-70(62)88(73)53-39-37-50(38-40-53)68-49-69(51-21-19-23-54(47-51)89-71-35-17-11-29-63(71)77-74(89)45-42-60-57-26-8-14-32-66(57)84(3,4)80(60)77)87-82(86-68)52-22-20-24-55(48-52)90-72-36-18-12-30-64(72)78-75(90)46-43-61-58-27-9-15-33-67(58)85(5,6)81(61)78/h7-49H,1-6H3. The van der Waals surface area contributed by atoms with Crippen LogP contribution in [0, 0.1) is 0 Å². The first kappa shape index (κ1) is 51.2. The van der Waals surface area contributed by atoms with Crippen molar-refractivity contribution in [2.45, 2.75) is 57.8 Å². The molecule has 12 aromatic carbocycles. The first-order chi connectivity index (χ1) is 43.9. The van der Waals surface area contributed by atoms with Gasteiger partial charge in [0.05, 0.1) is 44.5 Å². The molecule has 4 heterocycles. The Kier molecular flexibility index (Phi) is 10.3. The zero-order valence-electron chi connectivity index (χ0n) is 51.1. The zero-order valence-corrected chi connectivity index (χ0v) is 51.1. The summed E-state index contributed by atoms with van der Waals surface area (Å²) in [7, 11) is 0. The summed E-state index contributed by atoms with van der Waals surface area (Å²) in [6.45, 7) is 14.3. The summed E-state index contributed by atoms with van der Waals surface area (Å²) in [6.07, 6.45) is 0. The smallest absolute Gasteiger partial charge is 0.160 e. The fourth-order valence-electron chi connectivity index (χ4n) is 17.1. The van der Waals surface area contributed by atoms with Gasteiger partial charge in [0, 0.05) is 82.3 Å². The molecule has 0 radical (unpaired) electrons. The van der Waals surface area contributed by atoms with Crippen molar-refractivity contribution < 1.29 is 0 Å². The maximum Gasteiger partial charge on any atom is 0.160 e. The Balaban J connectivity index is 0.786. The fraction of sp³-hybridized carbons (Fsp3) is 0.106. The molecule has 0 spiro atoms. The average molecular weight is 1150 g/mol. The van der Waals surface area contributed by atoms with Crippen LogP contribution in [0.25, 0.3) is 150 Å². The quantitative estimate of drug-likeness (QED) is 0.166. The number of benzene rings is 12. The van der Waals surface area contributed by atoms with Gasteiger partial charge >= 0.3 is 0 Å². The van der Waals surface area contributed by atoms with Crippen LogP contribution in [0.15, 0.2) is 261 Å². The fourth-order valence-corrected chi connectivity index (χ4v) is 17.1. The van der Waals surface area contributed by atoms with E-state index >= 15 is 0 Å². The van der Waals surface area contributed by atoms with E-state index in [0.717, 1.165) is 45.1 Å². The summed E-state index contributed by atoms with van der Waals surface area (Å²) in [4.78, 5) is 11.2. The Hall–Kier alpha value is -10.9. The van der Waals surface area contributed by atoms with Crippen LogP contribution in [0.1, 0.15) is 74.9 Å². The molecule has 0 bridgehead atoms. The van der Waals surface area contributed by atoms with Crippen molar-refractivity contribution in [3.05, 3.63) is 294 Å². The van der Waals surface area contributed by atoms with E-state index in [1.807, 2.05) is 0 Å². The molecule has 16 aromatic rings. The molecule has 3 aliphatic carbocycles. The van der Waals surface area contributed by atoms with E-state index < -0.39 is 0 Å². The Morgan fingerprint density at radius 1 is 0.256 bits per heavy atom. The Morgan fingerprint density at radius 3 is 1.04 bits per heavy atom. The minimum Gasteiger partial charge on any atom is -0.309 e. The van der Waals surface area contributed by atoms with Crippen molar-refractivity contribution in [1.82, 2.24) is 23.7 Å². The van der Waals surface area contributed by atoms with Gasteiger partial charge in [-0.05, 0) is 146 Å². The molecule has 0 N–H and O–H groups in total. The summed E-state index contributed by atoms with van der Waals surface area (Å²) >= 11 is 0. The largest absolute Gasteiger partial charge is 0.309 e. The monoisotopic (exact) mass is 1150 g/mol. The van der Waals surface area contributed by atoms with Crippen LogP contribution in [-0.4, -0.2) is 23.7 Å². The molecule has 5 heteroatoms. The number of para-hydroxylation sites is 3. The molecule has 90 heavy (non-hydrogen) atoms. The van der Waals surface area contributed by atoms with E-state index in [2.05, 4.69) is 316 Å². The molecule has 426 valence electrons. The van der Waals surface area contributed by atoms with E-state index in [1.54, 1.807) is 0 Å². The molecule has 0 fully saturated rings. The number of aromatic nitrogens is 5. The number of nitrogens with zero attached hydrogens (tertiary/aromatic N) is 5. The summed E-state index contributed by atoms with van der Waals surface area (Å²) in [6, 6.07) is 96.7. The molecule has 0 saturated carbocycles. The van der Waals surface area contributed by atoms with Gasteiger partial charge in [-0.25, -0.2) is 9.97 Å². The highest BCUT2D eigenvalue weighted by Crippen LogP contribution is 2.57. The molecular formula is C85H61N5. The SMILES string of the molecule is CC1(C)c2ccccc2-c2ccc3c(c21)c1ccccc1n3-c1ccc(-c2cc(-c3cccc(-n4c5ccccc5c5c6c(ccc54)-c4ccccc4C6(C)C)c3)nc(-c3cccc(-n4c5ccccc5c5c6c(ccc54)-c4ccccc4C6(C)C)c3)n2)cc1. The molecule has 0 atom stereocenters. The van der Waals surface area contributed by atoms with E-state index in [4.69, 9.17) is 9.97 Å². The third-order valence-corrected chi connectivity index (χ3v) is 21.0. The Morgan fingerprint density at radius 2 is 0.611 bits per heavy atom. The van der Waals surface area contributed by atoms with Crippen LogP contribution >= 0.6 is 0 Å². The van der Waals surface area contributed by atoms with Crippen LogP contribution < -0.4 is 0 Å². The number of hydrogen-bond acceptors (Lipinski definition) is 2. The predicted molar refractivity (Wildman–Crippen MR) is 374 cm³/mol. The molecule has 0 saturated heterocycles. The molecule has 4 aromatic heterocycles. The zero-order chi connectivity index (χ0) is 60.1. The first-order valence-corrected chi connectivity index (χ1v) is 31.6. The second-order valence-corrected chi connectivity index (χ2v) is 26.8. The second kappa shape index (κ2) is 18.1. The lowest BCUT2D eigenvalue weighted by atomic mass is 9.80. The maximum absolute atomic E-state index is 5.62. The van der Waals surface area contributed by atoms with Crippen molar-refractivity contribution in [3.63, 3.8) is 0 Å². The molecular weight excluding hydrogens is 1090 g/mol. The Labute approximate surface area is 522 Å². The first-order valence-electron chi connectivity index (χ1n) is 31.6. The predicted octanol–water partition coefficient (Wildman–Crippen LogP) is 21.7. The minimum absolute atomic E-state index is 0.159. The van der Waals surface area contributed by atoms with Crippen LogP contribution in [0.4, 0.5) is 0 Å². The van der Waals surface area contributed by atoms with E-state index in [9.17, 15) is 0 Å². The van der Waals surface area contributed by atoms with Crippen molar-refractivity contribution >= 4 is 65.4 Å². The Bertz CT molecular complexity index is 5580. The van der Waals surface area contributed by atoms with Crippen LogP contribution in [0.3, 0.4) is 0 Å². The lowest BCUT2D eigenvalue weighted by molar-refractivity contribution is 0.666. The molecule has 0 aliphatic heterocycles. The molecule has 0 unspecified atom stereocenters. The van der Waals surface area contributed by atoms with Crippen molar-refractivity contribution in [3.8, 4) is 84.3 Å². The normalized spacial score (nSPS) is 14.6. The van der Waals surface area contributed by atoms with Crippen molar-refractivity contribution in [1.29, 1.82) is 0 Å².